The van der Waals surface area contributed by atoms with Gasteiger partial charge in [-0.25, -0.2) is 4.98 Å². The SMILES string of the molecule is COc1nc(C2CCCO2)nc(NC2CC2)c1[N+](=O)[O-]. The van der Waals surface area contributed by atoms with Crippen LogP contribution in [0.25, 0.3) is 0 Å². The van der Waals surface area contributed by atoms with Crippen molar-refractivity contribution in [3.63, 3.8) is 0 Å². The van der Waals surface area contributed by atoms with Gasteiger partial charge in [-0.3, -0.25) is 10.1 Å². The van der Waals surface area contributed by atoms with E-state index in [1.165, 1.54) is 7.11 Å². The summed E-state index contributed by atoms with van der Waals surface area (Å²) in [6.07, 6.45) is 3.56. The maximum Gasteiger partial charge on any atom is 0.372 e. The van der Waals surface area contributed by atoms with Crippen molar-refractivity contribution in [3.05, 3.63) is 15.9 Å². The lowest BCUT2D eigenvalue weighted by molar-refractivity contribution is -0.385. The molecule has 0 spiro atoms. The maximum absolute atomic E-state index is 11.2. The van der Waals surface area contributed by atoms with Crippen LogP contribution in [0.1, 0.15) is 37.6 Å². The van der Waals surface area contributed by atoms with Gasteiger partial charge in [-0.15, -0.1) is 0 Å². The highest BCUT2D eigenvalue weighted by Crippen LogP contribution is 2.37. The molecular weight excluding hydrogens is 264 g/mol. The first-order valence-corrected chi connectivity index (χ1v) is 6.67. The molecule has 1 saturated heterocycles. The maximum atomic E-state index is 11.2. The summed E-state index contributed by atoms with van der Waals surface area (Å²) in [6.45, 7) is 0.665. The number of anilines is 1. The first-order valence-electron chi connectivity index (χ1n) is 6.67. The zero-order valence-corrected chi connectivity index (χ0v) is 11.2. The van der Waals surface area contributed by atoms with E-state index in [9.17, 15) is 10.1 Å². The van der Waals surface area contributed by atoms with E-state index < -0.39 is 4.92 Å². The van der Waals surface area contributed by atoms with Crippen LogP contribution >= 0.6 is 0 Å². The van der Waals surface area contributed by atoms with Gasteiger partial charge in [0.15, 0.2) is 5.82 Å². The number of hydrogen-bond acceptors (Lipinski definition) is 7. The average molecular weight is 280 g/mol. The molecule has 0 amide bonds. The Morgan fingerprint density at radius 2 is 2.20 bits per heavy atom. The number of methoxy groups -OCH3 is 1. The van der Waals surface area contributed by atoms with E-state index in [0.717, 1.165) is 25.7 Å². The monoisotopic (exact) mass is 280 g/mol. The summed E-state index contributed by atoms with van der Waals surface area (Å²) in [5.41, 5.74) is -0.207. The van der Waals surface area contributed by atoms with Crippen LogP contribution in [0.2, 0.25) is 0 Å². The Morgan fingerprint density at radius 1 is 1.40 bits per heavy atom. The highest BCUT2D eigenvalue weighted by Gasteiger charge is 2.33. The second-order valence-electron chi connectivity index (χ2n) is 4.97. The summed E-state index contributed by atoms with van der Waals surface area (Å²) < 4.78 is 10.6. The van der Waals surface area contributed by atoms with Gasteiger partial charge >= 0.3 is 5.69 Å². The van der Waals surface area contributed by atoms with Crippen molar-refractivity contribution in [3.8, 4) is 5.88 Å². The third-order valence-corrected chi connectivity index (χ3v) is 3.38. The molecule has 20 heavy (non-hydrogen) atoms. The van der Waals surface area contributed by atoms with E-state index in [2.05, 4.69) is 15.3 Å². The zero-order chi connectivity index (χ0) is 14.1. The fourth-order valence-electron chi connectivity index (χ4n) is 2.20. The van der Waals surface area contributed by atoms with Gasteiger partial charge in [-0.2, -0.15) is 4.98 Å². The van der Waals surface area contributed by atoms with Crippen LogP contribution in [-0.2, 0) is 4.74 Å². The lowest BCUT2D eigenvalue weighted by atomic mass is 10.2. The number of ether oxygens (including phenoxy) is 2. The van der Waals surface area contributed by atoms with Crippen molar-refractivity contribution in [2.45, 2.75) is 37.8 Å². The van der Waals surface area contributed by atoms with Crippen LogP contribution in [-0.4, -0.2) is 34.6 Å². The molecule has 1 aromatic heterocycles. The van der Waals surface area contributed by atoms with Crippen LogP contribution in [0, 0.1) is 10.1 Å². The Hall–Kier alpha value is -1.96. The minimum atomic E-state index is -0.511. The predicted octanol–water partition coefficient (Wildman–Crippen LogP) is 1.82. The summed E-state index contributed by atoms with van der Waals surface area (Å²) in [7, 11) is 1.37. The fraction of sp³-hybridized carbons (Fsp3) is 0.667. The summed E-state index contributed by atoms with van der Waals surface area (Å²) in [4.78, 5) is 19.1. The number of nitrogens with zero attached hydrogens (tertiary/aromatic N) is 3. The lowest BCUT2D eigenvalue weighted by Gasteiger charge is -2.12. The molecule has 8 heteroatoms. The lowest BCUT2D eigenvalue weighted by Crippen LogP contribution is -2.13. The van der Waals surface area contributed by atoms with Gasteiger partial charge in [0.2, 0.25) is 5.82 Å². The molecule has 1 atom stereocenters. The zero-order valence-electron chi connectivity index (χ0n) is 11.2. The molecule has 3 rings (SSSR count). The molecule has 0 bridgehead atoms. The Bertz CT molecular complexity index is 526. The second-order valence-corrected chi connectivity index (χ2v) is 4.97. The predicted molar refractivity (Wildman–Crippen MR) is 69.8 cm³/mol. The summed E-state index contributed by atoms with van der Waals surface area (Å²) >= 11 is 0. The largest absolute Gasteiger partial charge is 0.476 e. The molecule has 1 aliphatic heterocycles. The summed E-state index contributed by atoms with van der Waals surface area (Å²) in [5, 5.41) is 14.3. The Morgan fingerprint density at radius 3 is 2.75 bits per heavy atom. The second kappa shape index (κ2) is 5.20. The molecule has 2 heterocycles. The molecule has 1 saturated carbocycles. The Kier molecular flexibility index (Phi) is 3.39. The highest BCUT2D eigenvalue weighted by molar-refractivity contribution is 5.62. The van der Waals surface area contributed by atoms with E-state index in [4.69, 9.17) is 9.47 Å². The third-order valence-electron chi connectivity index (χ3n) is 3.38. The molecule has 1 aromatic rings. The Balaban J connectivity index is 2.01. The number of aromatic nitrogens is 2. The first-order chi connectivity index (χ1) is 9.69. The van der Waals surface area contributed by atoms with Crippen LogP contribution in [0.3, 0.4) is 0 Å². The van der Waals surface area contributed by atoms with Gasteiger partial charge in [-0.1, -0.05) is 0 Å². The Labute approximate surface area is 115 Å². The van der Waals surface area contributed by atoms with Crippen molar-refractivity contribution in [1.82, 2.24) is 9.97 Å². The van der Waals surface area contributed by atoms with E-state index in [1.54, 1.807) is 0 Å². The van der Waals surface area contributed by atoms with Gasteiger partial charge in [-0.05, 0) is 25.7 Å². The normalized spacial score (nSPS) is 21.8. The molecule has 1 unspecified atom stereocenters. The standard InChI is InChI=1S/C12H16N4O4/c1-19-12-9(16(17)18)11(13-7-4-5-7)14-10(15-12)8-3-2-6-20-8/h7-8H,2-6H2,1H3,(H,13,14,15). The number of hydrogen-bond donors (Lipinski definition) is 1. The quantitative estimate of drug-likeness (QED) is 0.648. The van der Waals surface area contributed by atoms with Gasteiger partial charge in [0.1, 0.15) is 6.10 Å². The molecule has 8 nitrogen and oxygen atoms in total. The van der Waals surface area contributed by atoms with Gasteiger partial charge < -0.3 is 14.8 Å². The first kappa shape index (κ1) is 13.0. The molecule has 0 radical (unpaired) electrons. The van der Waals surface area contributed by atoms with Crippen LogP contribution < -0.4 is 10.1 Å². The van der Waals surface area contributed by atoms with E-state index in [-0.39, 0.29) is 29.5 Å². The van der Waals surface area contributed by atoms with Crippen LogP contribution in [0.4, 0.5) is 11.5 Å². The molecule has 1 N–H and O–H groups in total. The highest BCUT2D eigenvalue weighted by atomic mass is 16.6. The number of rotatable bonds is 5. The molecule has 0 aromatic carbocycles. The van der Waals surface area contributed by atoms with Crippen molar-refractivity contribution < 1.29 is 14.4 Å². The van der Waals surface area contributed by atoms with Crippen LogP contribution in [0.15, 0.2) is 0 Å². The molecule has 108 valence electrons. The van der Waals surface area contributed by atoms with E-state index in [1.807, 2.05) is 0 Å². The number of nitrogens with one attached hydrogen (secondary N) is 1. The van der Waals surface area contributed by atoms with Gasteiger partial charge in [0.05, 0.1) is 12.0 Å². The summed E-state index contributed by atoms with van der Waals surface area (Å²) in [6, 6.07) is 0.255. The number of nitro groups is 1. The molecule has 2 aliphatic rings. The van der Waals surface area contributed by atoms with E-state index in [0.29, 0.717) is 12.4 Å². The van der Waals surface area contributed by atoms with Crippen molar-refractivity contribution in [1.29, 1.82) is 0 Å². The van der Waals surface area contributed by atoms with Crippen molar-refractivity contribution in [2.24, 2.45) is 0 Å². The van der Waals surface area contributed by atoms with Gasteiger partial charge in [0.25, 0.3) is 5.88 Å². The summed E-state index contributed by atoms with van der Waals surface area (Å²) in [5.74, 6) is 0.668. The smallest absolute Gasteiger partial charge is 0.372 e. The fourth-order valence-corrected chi connectivity index (χ4v) is 2.20. The third kappa shape index (κ3) is 2.51. The van der Waals surface area contributed by atoms with Crippen molar-refractivity contribution >= 4 is 11.5 Å². The molecule has 1 aliphatic carbocycles. The minimum absolute atomic E-state index is 0.0151. The minimum Gasteiger partial charge on any atom is -0.476 e. The van der Waals surface area contributed by atoms with Crippen molar-refractivity contribution in [2.75, 3.05) is 19.0 Å². The average Bonchev–Trinajstić information content (AvgIpc) is 3.07. The molecule has 2 fully saturated rings. The molecular formula is C12H16N4O4. The van der Waals surface area contributed by atoms with E-state index >= 15 is 0 Å². The van der Waals surface area contributed by atoms with Gasteiger partial charge in [0, 0.05) is 12.6 Å². The van der Waals surface area contributed by atoms with Crippen LogP contribution in [0.5, 0.6) is 5.88 Å². The topological polar surface area (TPSA) is 99.4 Å².